The third-order valence-electron chi connectivity index (χ3n) is 5.87. The molecule has 2 N–H and O–H groups in total. The standard InChI is InChI=1S/C24H28BrN3O/c1-16(2)24(29)27-20-6-3-5-18(13-20)17-9-11-28(12-10-17)15-19-14-26-22-8-4-7-21(25)23(19)22/h3-8,13-14,16-17,26H,9-12,15H2,1-2H3,(H,27,29). The van der Waals surface area contributed by atoms with Gasteiger partial charge in [-0.25, -0.2) is 0 Å². The Morgan fingerprint density at radius 1 is 1.21 bits per heavy atom. The number of hydrogen-bond donors (Lipinski definition) is 2. The number of aromatic amines is 1. The molecule has 1 aliphatic rings. The molecule has 5 heteroatoms. The summed E-state index contributed by atoms with van der Waals surface area (Å²) in [6.45, 7) is 6.98. The Bertz CT molecular complexity index is 1000. The van der Waals surface area contributed by atoms with Crippen molar-refractivity contribution in [1.82, 2.24) is 9.88 Å². The topological polar surface area (TPSA) is 48.1 Å². The Morgan fingerprint density at radius 3 is 2.72 bits per heavy atom. The molecule has 0 spiro atoms. The van der Waals surface area contributed by atoms with Gasteiger partial charge in [-0.2, -0.15) is 0 Å². The number of nitrogens with one attached hydrogen (secondary N) is 2. The van der Waals surface area contributed by atoms with E-state index in [0.29, 0.717) is 5.92 Å². The molecule has 1 aromatic heterocycles. The minimum atomic E-state index is -0.00792. The van der Waals surface area contributed by atoms with Crippen molar-refractivity contribution in [3.8, 4) is 0 Å². The Hall–Kier alpha value is -2.11. The van der Waals surface area contributed by atoms with Gasteiger partial charge < -0.3 is 10.3 Å². The van der Waals surface area contributed by atoms with Crippen molar-refractivity contribution in [3.05, 3.63) is 64.3 Å². The van der Waals surface area contributed by atoms with Crippen LogP contribution in [-0.2, 0) is 11.3 Å². The minimum absolute atomic E-state index is 0.00792. The fourth-order valence-corrected chi connectivity index (χ4v) is 4.78. The maximum absolute atomic E-state index is 12.0. The summed E-state index contributed by atoms with van der Waals surface area (Å²) in [7, 11) is 0. The first-order valence-electron chi connectivity index (χ1n) is 10.4. The van der Waals surface area contributed by atoms with Crippen LogP contribution in [-0.4, -0.2) is 28.9 Å². The highest BCUT2D eigenvalue weighted by Gasteiger charge is 2.22. The van der Waals surface area contributed by atoms with Gasteiger partial charge in [-0.1, -0.05) is 48.0 Å². The zero-order valence-electron chi connectivity index (χ0n) is 17.0. The quantitative estimate of drug-likeness (QED) is 0.504. The van der Waals surface area contributed by atoms with Crippen molar-refractivity contribution in [2.75, 3.05) is 18.4 Å². The van der Waals surface area contributed by atoms with E-state index in [2.05, 4.69) is 73.7 Å². The van der Waals surface area contributed by atoms with Gasteiger partial charge in [0.2, 0.25) is 5.91 Å². The Balaban J connectivity index is 1.39. The van der Waals surface area contributed by atoms with Crippen molar-refractivity contribution < 1.29 is 4.79 Å². The predicted octanol–water partition coefficient (Wildman–Crippen LogP) is 5.90. The number of halogens is 1. The first-order chi connectivity index (χ1) is 14.0. The van der Waals surface area contributed by atoms with E-state index in [1.165, 1.54) is 22.0 Å². The monoisotopic (exact) mass is 453 g/mol. The number of nitrogens with zero attached hydrogens (tertiary/aromatic N) is 1. The number of likely N-dealkylation sites (tertiary alicyclic amines) is 1. The number of anilines is 1. The number of benzene rings is 2. The van der Waals surface area contributed by atoms with Crippen LogP contribution in [0.2, 0.25) is 0 Å². The zero-order chi connectivity index (χ0) is 20.4. The summed E-state index contributed by atoms with van der Waals surface area (Å²) in [4.78, 5) is 17.9. The molecule has 1 fully saturated rings. The Labute approximate surface area is 180 Å². The minimum Gasteiger partial charge on any atom is -0.361 e. The average molecular weight is 454 g/mol. The van der Waals surface area contributed by atoms with Crippen LogP contribution < -0.4 is 5.32 Å². The van der Waals surface area contributed by atoms with Crippen molar-refractivity contribution in [3.63, 3.8) is 0 Å². The molecule has 0 saturated carbocycles. The zero-order valence-corrected chi connectivity index (χ0v) is 18.6. The Kier molecular flexibility index (Phi) is 6.07. The van der Waals surface area contributed by atoms with Crippen LogP contribution >= 0.6 is 15.9 Å². The molecule has 4 rings (SSSR count). The van der Waals surface area contributed by atoms with Gasteiger partial charge in [0, 0.05) is 39.7 Å². The summed E-state index contributed by atoms with van der Waals surface area (Å²) in [6, 6.07) is 14.7. The number of carbonyl (C=O) groups is 1. The molecule has 1 amide bonds. The molecular weight excluding hydrogens is 426 g/mol. The Morgan fingerprint density at radius 2 is 1.97 bits per heavy atom. The van der Waals surface area contributed by atoms with Crippen molar-refractivity contribution in [2.45, 2.75) is 39.2 Å². The van der Waals surface area contributed by atoms with E-state index in [9.17, 15) is 4.79 Å². The highest BCUT2D eigenvalue weighted by Crippen LogP contribution is 2.32. The van der Waals surface area contributed by atoms with Crippen LogP contribution in [0.25, 0.3) is 10.9 Å². The lowest BCUT2D eigenvalue weighted by molar-refractivity contribution is -0.118. The summed E-state index contributed by atoms with van der Waals surface area (Å²) in [5, 5.41) is 4.32. The smallest absolute Gasteiger partial charge is 0.226 e. The molecule has 0 radical (unpaired) electrons. The third kappa shape index (κ3) is 4.57. The van der Waals surface area contributed by atoms with Gasteiger partial charge in [-0.05, 0) is 67.2 Å². The molecule has 0 bridgehead atoms. The van der Waals surface area contributed by atoms with E-state index < -0.39 is 0 Å². The van der Waals surface area contributed by atoms with Gasteiger partial charge in [0.05, 0.1) is 0 Å². The molecule has 2 aromatic carbocycles. The second-order valence-electron chi connectivity index (χ2n) is 8.30. The van der Waals surface area contributed by atoms with E-state index in [4.69, 9.17) is 0 Å². The molecule has 152 valence electrons. The van der Waals surface area contributed by atoms with Gasteiger partial charge in [0.25, 0.3) is 0 Å². The normalized spacial score (nSPS) is 15.9. The number of rotatable bonds is 5. The van der Waals surface area contributed by atoms with E-state index in [1.54, 1.807) is 0 Å². The number of H-pyrrole nitrogens is 1. The van der Waals surface area contributed by atoms with Crippen LogP contribution in [0.4, 0.5) is 5.69 Å². The van der Waals surface area contributed by atoms with Crippen LogP contribution in [0.1, 0.15) is 43.7 Å². The van der Waals surface area contributed by atoms with Crippen molar-refractivity contribution in [1.29, 1.82) is 0 Å². The van der Waals surface area contributed by atoms with Gasteiger partial charge in [-0.3, -0.25) is 9.69 Å². The maximum Gasteiger partial charge on any atom is 0.226 e. The molecule has 1 saturated heterocycles. The van der Waals surface area contributed by atoms with Crippen LogP contribution in [0, 0.1) is 5.92 Å². The van der Waals surface area contributed by atoms with Crippen LogP contribution in [0.5, 0.6) is 0 Å². The predicted molar refractivity (Wildman–Crippen MR) is 123 cm³/mol. The molecule has 4 nitrogen and oxygen atoms in total. The number of fused-ring (bicyclic) bond motifs is 1. The molecule has 0 atom stereocenters. The first kappa shape index (κ1) is 20.2. The molecule has 0 unspecified atom stereocenters. The fraction of sp³-hybridized carbons (Fsp3) is 0.375. The van der Waals surface area contributed by atoms with E-state index in [0.717, 1.165) is 42.6 Å². The summed E-state index contributed by atoms with van der Waals surface area (Å²) in [6.07, 6.45) is 4.43. The van der Waals surface area contributed by atoms with E-state index in [1.807, 2.05) is 19.9 Å². The van der Waals surface area contributed by atoms with Crippen molar-refractivity contribution >= 4 is 38.4 Å². The van der Waals surface area contributed by atoms with Crippen LogP contribution in [0.3, 0.4) is 0 Å². The summed E-state index contributed by atoms with van der Waals surface area (Å²) in [5.74, 6) is 0.616. The lowest BCUT2D eigenvalue weighted by atomic mass is 9.89. The van der Waals surface area contributed by atoms with Gasteiger partial charge in [-0.15, -0.1) is 0 Å². The maximum atomic E-state index is 12.0. The highest BCUT2D eigenvalue weighted by molar-refractivity contribution is 9.10. The first-order valence-corrected chi connectivity index (χ1v) is 11.2. The molecular formula is C24H28BrN3O. The highest BCUT2D eigenvalue weighted by atomic mass is 79.9. The number of piperidine rings is 1. The third-order valence-corrected chi connectivity index (χ3v) is 6.53. The summed E-state index contributed by atoms with van der Waals surface area (Å²) >= 11 is 3.70. The molecule has 1 aliphatic heterocycles. The van der Waals surface area contributed by atoms with Gasteiger partial charge >= 0.3 is 0 Å². The summed E-state index contributed by atoms with van der Waals surface area (Å²) in [5.41, 5.74) is 4.78. The number of amides is 1. The van der Waals surface area contributed by atoms with Gasteiger partial charge in [0.15, 0.2) is 0 Å². The lowest BCUT2D eigenvalue weighted by Gasteiger charge is -2.32. The average Bonchev–Trinajstić information content (AvgIpc) is 3.13. The fourth-order valence-electron chi connectivity index (χ4n) is 4.15. The van der Waals surface area contributed by atoms with E-state index in [-0.39, 0.29) is 11.8 Å². The molecule has 29 heavy (non-hydrogen) atoms. The van der Waals surface area contributed by atoms with Crippen LogP contribution in [0.15, 0.2) is 53.1 Å². The number of hydrogen-bond acceptors (Lipinski definition) is 2. The largest absolute Gasteiger partial charge is 0.361 e. The molecule has 0 aliphatic carbocycles. The SMILES string of the molecule is CC(C)C(=O)Nc1cccc(C2CCN(Cc3c[nH]c4cccc(Br)c34)CC2)c1. The number of carbonyl (C=O) groups excluding carboxylic acids is 1. The molecule has 3 aromatic rings. The number of aromatic nitrogens is 1. The lowest BCUT2D eigenvalue weighted by Crippen LogP contribution is -2.32. The summed E-state index contributed by atoms with van der Waals surface area (Å²) < 4.78 is 1.15. The van der Waals surface area contributed by atoms with E-state index >= 15 is 0 Å². The van der Waals surface area contributed by atoms with Crippen molar-refractivity contribution in [2.24, 2.45) is 5.92 Å². The second-order valence-corrected chi connectivity index (χ2v) is 9.15. The molecule has 2 heterocycles. The second kappa shape index (κ2) is 8.72. The van der Waals surface area contributed by atoms with Gasteiger partial charge in [0.1, 0.15) is 0 Å².